The standard InChI is InChI=1S/C56H60N4O10/c1-32(2)26-44(50(63)56(5)24-25-56)58-54(67)46(28-35-14-10-7-11-15-35)60-53(66)45(27-33(3)4)59-52(65)43(23-16-34-12-8-6-9-13-34)57-51(64)36-17-20-39(42(29-36)55(68)69)49-40-21-18-37(61)30-47(40)70-48-31-38(62)19-22-41(48)49/h6-15,17-22,29-33,43-46,61H,16,23-28H2,1-5H3,(H,57,64)(H,58,67)(H,59,65)(H,60,66)(H,68,69)/t43-,44-,45-,46-/m0/s1. The summed E-state index contributed by atoms with van der Waals surface area (Å²) >= 11 is 0. The second-order valence-corrected chi connectivity index (χ2v) is 19.5. The quantitative estimate of drug-likeness (QED) is 0.0384. The van der Waals surface area contributed by atoms with Gasteiger partial charge in [0.1, 0.15) is 35.2 Å². The number of carbonyl (C=O) groups is 6. The Kier molecular flexibility index (Phi) is 15.6. The van der Waals surface area contributed by atoms with Gasteiger partial charge in [-0.2, -0.15) is 0 Å². The molecule has 14 nitrogen and oxygen atoms in total. The van der Waals surface area contributed by atoms with E-state index in [1.807, 2.05) is 95.3 Å². The summed E-state index contributed by atoms with van der Waals surface area (Å²) in [5.41, 5.74) is 1.73. The summed E-state index contributed by atoms with van der Waals surface area (Å²) in [4.78, 5) is 96.4. The van der Waals surface area contributed by atoms with Crippen LogP contribution in [0.2, 0.25) is 0 Å². The number of hydrogen-bond acceptors (Lipinski definition) is 9. The molecule has 0 unspecified atom stereocenters. The van der Waals surface area contributed by atoms with Crippen molar-refractivity contribution in [2.45, 2.75) is 104 Å². The van der Waals surface area contributed by atoms with Gasteiger partial charge in [0.2, 0.25) is 17.7 Å². The van der Waals surface area contributed by atoms with Crippen LogP contribution in [0.5, 0.6) is 5.75 Å². The third-order valence-electron chi connectivity index (χ3n) is 12.8. The molecular weight excluding hydrogens is 889 g/mol. The van der Waals surface area contributed by atoms with Crippen molar-refractivity contribution in [2.24, 2.45) is 17.3 Å². The molecule has 1 heterocycles. The minimum absolute atomic E-state index is 0.0282. The molecular formula is C56H60N4O10. The number of fused-ring (bicyclic) bond motifs is 2. The van der Waals surface area contributed by atoms with Crippen LogP contribution in [0, 0.1) is 17.3 Å². The topological polar surface area (TPSA) is 221 Å². The number of Topliss-reactive ketones (excluding diaryl/α,β-unsaturated/α-hetero) is 1. The van der Waals surface area contributed by atoms with Crippen LogP contribution in [0.1, 0.15) is 98.6 Å². The number of benzene rings is 5. The Morgan fingerprint density at radius 3 is 1.87 bits per heavy atom. The molecule has 70 heavy (non-hydrogen) atoms. The summed E-state index contributed by atoms with van der Waals surface area (Å²) in [6, 6.07) is 26.9. The van der Waals surface area contributed by atoms with Gasteiger partial charge in [-0.05, 0) is 103 Å². The van der Waals surface area contributed by atoms with Gasteiger partial charge in [0.05, 0.1) is 11.6 Å². The zero-order chi connectivity index (χ0) is 50.3. The van der Waals surface area contributed by atoms with Gasteiger partial charge in [-0.15, -0.1) is 0 Å². The fourth-order valence-electron chi connectivity index (χ4n) is 8.83. The maximum atomic E-state index is 14.5. The van der Waals surface area contributed by atoms with Crippen molar-refractivity contribution in [1.82, 2.24) is 21.3 Å². The zero-order valence-electron chi connectivity index (χ0n) is 40.0. The highest BCUT2D eigenvalue weighted by molar-refractivity contribution is 6.09. The molecule has 4 amide bonds. The van der Waals surface area contributed by atoms with E-state index in [0.29, 0.717) is 29.4 Å². The first-order valence-electron chi connectivity index (χ1n) is 23.8. The molecule has 6 N–H and O–H groups in total. The average molecular weight is 949 g/mol. The highest BCUT2D eigenvalue weighted by Crippen LogP contribution is 2.47. The number of hydrogen-bond donors (Lipinski definition) is 6. The molecule has 1 aliphatic heterocycles. The highest BCUT2D eigenvalue weighted by Gasteiger charge is 2.48. The molecule has 2 aliphatic carbocycles. The second-order valence-electron chi connectivity index (χ2n) is 19.5. The van der Waals surface area contributed by atoms with Crippen LogP contribution in [-0.4, -0.2) is 69.8 Å². The number of phenolic OH excluding ortho intramolecular Hbond substituents is 1. The lowest BCUT2D eigenvalue weighted by molar-refractivity contribution is -0.134. The maximum Gasteiger partial charge on any atom is 0.336 e. The molecule has 1 fully saturated rings. The molecule has 4 aromatic carbocycles. The first kappa shape index (κ1) is 50.3. The highest BCUT2D eigenvalue weighted by atomic mass is 16.4. The predicted octanol–water partition coefficient (Wildman–Crippen LogP) is 7.86. The number of amides is 4. The van der Waals surface area contributed by atoms with Crippen LogP contribution in [0.3, 0.4) is 0 Å². The van der Waals surface area contributed by atoms with Crippen LogP contribution >= 0.6 is 0 Å². The van der Waals surface area contributed by atoms with E-state index >= 15 is 0 Å². The minimum Gasteiger partial charge on any atom is -0.508 e. The van der Waals surface area contributed by atoms with E-state index in [1.165, 1.54) is 48.5 Å². The number of carboxylic acid groups (broad SMARTS) is 1. The monoisotopic (exact) mass is 948 g/mol. The first-order valence-corrected chi connectivity index (χ1v) is 23.8. The van der Waals surface area contributed by atoms with Gasteiger partial charge in [0.25, 0.3) is 5.91 Å². The predicted molar refractivity (Wildman–Crippen MR) is 266 cm³/mol. The van der Waals surface area contributed by atoms with Crippen LogP contribution in [0.15, 0.2) is 124 Å². The van der Waals surface area contributed by atoms with Gasteiger partial charge < -0.3 is 35.9 Å². The van der Waals surface area contributed by atoms with E-state index in [1.54, 1.807) is 6.07 Å². The van der Waals surface area contributed by atoms with E-state index in [-0.39, 0.29) is 76.1 Å². The van der Waals surface area contributed by atoms with Crippen molar-refractivity contribution < 1.29 is 43.4 Å². The first-order chi connectivity index (χ1) is 33.4. The number of rotatable bonds is 21. The number of carbonyl (C=O) groups excluding carboxylic acids is 5. The van der Waals surface area contributed by atoms with Crippen molar-refractivity contribution >= 4 is 46.4 Å². The molecule has 4 aromatic rings. The maximum absolute atomic E-state index is 14.5. The molecule has 0 spiro atoms. The fourth-order valence-corrected chi connectivity index (χ4v) is 8.83. The van der Waals surface area contributed by atoms with Gasteiger partial charge in [-0.1, -0.05) is 101 Å². The molecule has 4 atom stereocenters. The Bertz CT molecular complexity index is 2930. The second kappa shape index (κ2) is 21.8. The third-order valence-corrected chi connectivity index (χ3v) is 12.8. The smallest absolute Gasteiger partial charge is 0.336 e. The lowest BCUT2D eigenvalue weighted by atomic mass is 9.89. The van der Waals surface area contributed by atoms with Gasteiger partial charge in [-0.3, -0.25) is 28.8 Å². The van der Waals surface area contributed by atoms with Gasteiger partial charge in [0.15, 0.2) is 11.2 Å². The summed E-state index contributed by atoms with van der Waals surface area (Å²) in [5.74, 6) is -3.88. The number of ketones is 1. The Labute approximate surface area is 406 Å². The zero-order valence-corrected chi connectivity index (χ0v) is 40.0. The summed E-state index contributed by atoms with van der Waals surface area (Å²) < 4.78 is 5.95. The molecule has 1 saturated carbocycles. The van der Waals surface area contributed by atoms with Crippen LogP contribution in [0.25, 0.3) is 33.4 Å². The molecule has 0 saturated heterocycles. The molecule has 3 aliphatic rings. The number of aromatic carboxylic acids is 1. The number of nitrogens with one attached hydrogen (secondary N) is 4. The van der Waals surface area contributed by atoms with Gasteiger partial charge >= 0.3 is 5.97 Å². The molecule has 364 valence electrons. The molecule has 7 rings (SSSR count). The van der Waals surface area contributed by atoms with Crippen molar-refractivity contribution in [3.8, 4) is 28.2 Å². The molecule has 0 bridgehead atoms. The number of carboxylic acids is 1. The number of phenols is 1. The summed E-state index contributed by atoms with van der Waals surface area (Å²) in [5, 5.41) is 32.8. The lowest BCUT2D eigenvalue weighted by Gasteiger charge is -2.28. The van der Waals surface area contributed by atoms with Gasteiger partial charge in [-0.25, -0.2) is 4.79 Å². The average Bonchev–Trinajstić information content (AvgIpc) is 4.08. The summed E-state index contributed by atoms with van der Waals surface area (Å²) in [7, 11) is 0. The van der Waals surface area contributed by atoms with Crippen molar-refractivity contribution in [2.75, 3.05) is 0 Å². The molecule has 0 radical (unpaired) electrons. The Morgan fingerprint density at radius 1 is 0.643 bits per heavy atom. The van der Waals surface area contributed by atoms with E-state index in [4.69, 9.17) is 4.42 Å². The van der Waals surface area contributed by atoms with Gasteiger partial charge in [0, 0.05) is 46.0 Å². The van der Waals surface area contributed by atoms with E-state index in [2.05, 4.69) is 21.3 Å². The normalized spacial score (nSPS) is 14.6. The van der Waals surface area contributed by atoms with Crippen LogP contribution in [-0.2, 0) is 32.0 Å². The van der Waals surface area contributed by atoms with E-state index in [0.717, 1.165) is 24.0 Å². The Morgan fingerprint density at radius 2 is 1.23 bits per heavy atom. The summed E-state index contributed by atoms with van der Waals surface area (Å²) in [6.07, 6.45) is 2.69. The van der Waals surface area contributed by atoms with Crippen molar-refractivity contribution in [3.05, 3.63) is 148 Å². The Hall–Kier alpha value is -7.61. The molecule has 14 heteroatoms. The Balaban J connectivity index is 1.16. The minimum atomic E-state index is -1.36. The molecule has 0 aromatic heterocycles. The van der Waals surface area contributed by atoms with Crippen LogP contribution in [0.4, 0.5) is 0 Å². The van der Waals surface area contributed by atoms with Crippen molar-refractivity contribution in [3.63, 3.8) is 0 Å². The largest absolute Gasteiger partial charge is 0.508 e. The number of aromatic hydroxyl groups is 1. The van der Waals surface area contributed by atoms with E-state index < -0.39 is 59.2 Å². The summed E-state index contributed by atoms with van der Waals surface area (Å²) in [6.45, 7) is 9.65. The third kappa shape index (κ3) is 12.3. The fraction of sp³-hybridized carbons (Fsp3) is 0.339. The lowest BCUT2D eigenvalue weighted by Crippen LogP contribution is -2.58. The number of aryl methyl sites for hydroxylation is 1. The van der Waals surface area contributed by atoms with Crippen molar-refractivity contribution in [1.29, 1.82) is 0 Å². The van der Waals surface area contributed by atoms with Crippen LogP contribution < -0.4 is 26.7 Å². The van der Waals surface area contributed by atoms with E-state index in [9.17, 15) is 43.8 Å². The SMILES string of the molecule is CC(C)C[C@H](NC(=O)[C@H](CCc1ccccc1)NC(=O)c1ccc(-c2c3ccc(=O)cc-3oc3cc(O)ccc23)c(C(=O)O)c1)C(=O)N[C@@H](Cc1ccccc1)C(=O)N[C@@H](CC(C)C)C(=O)C1(C)CC1.